The number of amides is 1. The molecule has 1 aliphatic rings. The second kappa shape index (κ2) is 9.67. The molecule has 1 N–H and O–H groups in total. The van der Waals surface area contributed by atoms with E-state index in [4.69, 9.17) is 4.74 Å². The van der Waals surface area contributed by atoms with Crippen LogP contribution in [0.1, 0.15) is 59.5 Å². The van der Waals surface area contributed by atoms with Crippen molar-refractivity contribution in [3.05, 3.63) is 62.0 Å². The fraction of sp³-hybridized carbons (Fsp3) is 0.364. The molecule has 0 unspecified atom stereocenters. The number of nitro benzene ring substituents is 1. The zero-order valence-corrected chi connectivity index (χ0v) is 17.8. The largest absolute Gasteiger partial charge is 0.459 e. The maximum Gasteiger partial charge on any atom is 0.341 e. The zero-order valence-electron chi connectivity index (χ0n) is 17.0. The molecule has 30 heavy (non-hydrogen) atoms. The minimum atomic E-state index is -0.483. The van der Waals surface area contributed by atoms with Crippen molar-refractivity contribution in [2.75, 3.05) is 5.32 Å². The minimum absolute atomic E-state index is 0.0433. The third-order valence-electron chi connectivity index (χ3n) is 4.71. The number of carbonyl (C=O) groups is 2. The van der Waals surface area contributed by atoms with Crippen LogP contribution >= 0.6 is 11.3 Å². The van der Waals surface area contributed by atoms with E-state index in [9.17, 15) is 19.7 Å². The first-order valence-electron chi connectivity index (χ1n) is 9.94. The predicted molar refractivity (Wildman–Crippen MR) is 117 cm³/mol. The molecule has 0 atom stereocenters. The second-order valence-corrected chi connectivity index (χ2v) is 8.50. The van der Waals surface area contributed by atoms with E-state index in [0.29, 0.717) is 16.1 Å². The second-order valence-electron chi connectivity index (χ2n) is 7.40. The topological polar surface area (TPSA) is 98.5 Å². The van der Waals surface area contributed by atoms with Crippen LogP contribution < -0.4 is 5.32 Å². The molecule has 2 aromatic rings. The summed E-state index contributed by atoms with van der Waals surface area (Å²) in [5.74, 6) is -0.820. The third kappa shape index (κ3) is 5.33. The molecule has 158 valence electrons. The van der Waals surface area contributed by atoms with E-state index in [1.165, 1.54) is 35.6 Å². The summed E-state index contributed by atoms with van der Waals surface area (Å²) in [5, 5.41) is 14.2. The van der Waals surface area contributed by atoms with E-state index >= 15 is 0 Å². The summed E-state index contributed by atoms with van der Waals surface area (Å²) in [7, 11) is 0. The molecule has 7 nitrogen and oxygen atoms in total. The molecule has 1 aliphatic carbocycles. The van der Waals surface area contributed by atoms with Gasteiger partial charge < -0.3 is 10.1 Å². The van der Waals surface area contributed by atoms with Crippen molar-refractivity contribution in [2.24, 2.45) is 0 Å². The van der Waals surface area contributed by atoms with Gasteiger partial charge in [-0.1, -0.05) is 18.6 Å². The van der Waals surface area contributed by atoms with E-state index in [0.717, 1.165) is 42.5 Å². The van der Waals surface area contributed by atoms with Crippen LogP contribution in [-0.4, -0.2) is 22.9 Å². The molecular weight excluding hydrogens is 404 g/mol. The number of hydrogen-bond acceptors (Lipinski definition) is 6. The van der Waals surface area contributed by atoms with Gasteiger partial charge in [-0.25, -0.2) is 4.79 Å². The molecule has 0 fully saturated rings. The van der Waals surface area contributed by atoms with Crippen molar-refractivity contribution in [3.63, 3.8) is 0 Å². The van der Waals surface area contributed by atoms with Crippen LogP contribution in [0, 0.1) is 10.1 Å². The maximum absolute atomic E-state index is 12.7. The molecule has 8 heteroatoms. The van der Waals surface area contributed by atoms with Crippen molar-refractivity contribution < 1.29 is 19.2 Å². The van der Waals surface area contributed by atoms with E-state index in [1.807, 2.05) is 0 Å². The number of nitro groups is 1. The van der Waals surface area contributed by atoms with Crippen LogP contribution in [0.15, 0.2) is 30.3 Å². The van der Waals surface area contributed by atoms with Gasteiger partial charge in [-0.05, 0) is 56.7 Å². The monoisotopic (exact) mass is 428 g/mol. The number of anilines is 1. The van der Waals surface area contributed by atoms with Gasteiger partial charge in [-0.15, -0.1) is 11.3 Å². The normalized spacial score (nSPS) is 13.7. The van der Waals surface area contributed by atoms with E-state index in [2.05, 4.69) is 5.32 Å². The number of rotatable bonds is 6. The SMILES string of the molecule is CC(C)OC(=O)c1c(NC(=O)/C=C/c2cccc([N+](=O)[O-])c2)sc2c1CCCCC2. The molecule has 1 aromatic heterocycles. The smallest absolute Gasteiger partial charge is 0.341 e. The molecule has 0 bridgehead atoms. The number of non-ortho nitro benzene ring substituents is 1. The van der Waals surface area contributed by atoms with Gasteiger partial charge in [-0.3, -0.25) is 14.9 Å². The van der Waals surface area contributed by atoms with Crippen LogP contribution in [0.3, 0.4) is 0 Å². The van der Waals surface area contributed by atoms with Gasteiger partial charge in [0, 0.05) is 23.1 Å². The summed E-state index contributed by atoms with van der Waals surface area (Å²) in [6.45, 7) is 3.59. The van der Waals surface area contributed by atoms with Crippen molar-refractivity contribution >= 4 is 40.0 Å². The number of hydrogen-bond donors (Lipinski definition) is 1. The van der Waals surface area contributed by atoms with Gasteiger partial charge in [0.25, 0.3) is 5.69 Å². The van der Waals surface area contributed by atoms with Crippen molar-refractivity contribution in [2.45, 2.75) is 52.1 Å². The number of ether oxygens (including phenoxy) is 1. The Balaban J connectivity index is 1.83. The number of thiophene rings is 1. The number of benzene rings is 1. The van der Waals surface area contributed by atoms with Gasteiger partial charge >= 0.3 is 5.97 Å². The van der Waals surface area contributed by atoms with Crippen LogP contribution in [0.4, 0.5) is 10.7 Å². The fourth-order valence-corrected chi connectivity index (χ4v) is 4.67. The molecule has 3 rings (SSSR count). The summed E-state index contributed by atoms with van der Waals surface area (Å²) in [5.41, 5.74) is 1.95. The Labute approximate surface area is 178 Å². The Morgan fingerprint density at radius 2 is 2.00 bits per heavy atom. The lowest BCUT2D eigenvalue weighted by molar-refractivity contribution is -0.384. The third-order valence-corrected chi connectivity index (χ3v) is 5.92. The average Bonchev–Trinajstić information content (AvgIpc) is 2.86. The highest BCUT2D eigenvalue weighted by Crippen LogP contribution is 2.38. The van der Waals surface area contributed by atoms with Crippen LogP contribution in [0.5, 0.6) is 0 Å². The summed E-state index contributed by atoms with van der Waals surface area (Å²) in [6.07, 6.45) is 7.44. The lowest BCUT2D eigenvalue weighted by atomic mass is 10.1. The Kier molecular flexibility index (Phi) is 6.99. The van der Waals surface area contributed by atoms with E-state index in [-0.39, 0.29) is 11.8 Å². The lowest BCUT2D eigenvalue weighted by Crippen LogP contribution is -2.16. The number of aryl methyl sites for hydroxylation is 1. The molecule has 1 heterocycles. The van der Waals surface area contributed by atoms with E-state index in [1.54, 1.807) is 26.0 Å². The summed E-state index contributed by atoms with van der Waals surface area (Å²) >= 11 is 1.43. The molecule has 1 amide bonds. The Hall–Kier alpha value is -3.00. The van der Waals surface area contributed by atoms with Gasteiger partial charge in [0.15, 0.2) is 0 Å². The van der Waals surface area contributed by atoms with Crippen LogP contribution in [0.25, 0.3) is 6.08 Å². The van der Waals surface area contributed by atoms with Gasteiger partial charge in [0.05, 0.1) is 16.6 Å². The quantitative estimate of drug-likeness (QED) is 0.226. The minimum Gasteiger partial charge on any atom is -0.459 e. The molecule has 0 radical (unpaired) electrons. The Morgan fingerprint density at radius 3 is 2.73 bits per heavy atom. The number of nitrogens with one attached hydrogen (secondary N) is 1. The van der Waals surface area contributed by atoms with Crippen molar-refractivity contribution in [1.29, 1.82) is 0 Å². The van der Waals surface area contributed by atoms with Crippen LogP contribution in [0.2, 0.25) is 0 Å². The first-order chi connectivity index (χ1) is 14.3. The number of nitrogens with zero attached hydrogens (tertiary/aromatic N) is 1. The Bertz CT molecular complexity index is 993. The Morgan fingerprint density at radius 1 is 1.23 bits per heavy atom. The summed E-state index contributed by atoms with van der Waals surface area (Å²) in [6, 6.07) is 6.02. The highest BCUT2D eigenvalue weighted by atomic mass is 32.1. The summed E-state index contributed by atoms with van der Waals surface area (Å²) < 4.78 is 5.42. The van der Waals surface area contributed by atoms with E-state index < -0.39 is 16.8 Å². The fourth-order valence-electron chi connectivity index (χ4n) is 3.39. The van der Waals surface area contributed by atoms with Crippen molar-refractivity contribution in [1.82, 2.24) is 0 Å². The van der Waals surface area contributed by atoms with Gasteiger partial charge in [0.1, 0.15) is 5.00 Å². The van der Waals surface area contributed by atoms with Gasteiger partial charge in [0.2, 0.25) is 5.91 Å². The molecule has 0 saturated carbocycles. The lowest BCUT2D eigenvalue weighted by Gasteiger charge is -2.11. The number of carbonyl (C=O) groups excluding carboxylic acids is 2. The molecule has 0 saturated heterocycles. The van der Waals surface area contributed by atoms with Gasteiger partial charge in [-0.2, -0.15) is 0 Å². The highest BCUT2D eigenvalue weighted by Gasteiger charge is 2.27. The molecule has 1 aromatic carbocycles. The first kappa shape index (κ1) is 21.7. The molecule has 0 spiro atoms. The molecule has 0 aliphatic heterocycles. The number of fused-ring (bicyclic) bond motifs is 1. The highest BCUT2D eigenvalue weighted by molar-refractivity contribution is 7.17. The first-order valence-corrected chi connectivity index (χ1v) is 10.8. The molecular formula is C22H24N2O5S. The zero-order chi connectivity index (χ0) is 21.7. The average molecular weight is 429 g/mol. The predicted octanol–water partition coefficient (Wildman–Crippen LogP) is 5.14. The summed E-state index contributed by atoms with van der Waals surface area (Å²) in [4.78, 5) is 36.8. The number of esters is 1. The van der Waals surface area contributed by atoms with Crippen molar-refractivity contribution in [3.8, 4) is 0 Å². The standard InChI is InChI=1S/C22H24N2O5S/c1-14(2)29-22(26)20-17-9-4-3-5-10-18(17)30-21(20)23-19(25)12-11-15-7-6-8-16(13-15)24(27)28/h6-8,11-14H,3-5,9-10H2,1-2H3,(H,23,25)/b12-11+. The van der Waals surface area contributed by atoms with Crippen LogP contribution in [-0.2, 0) is 22.4 Å². The maximum atomic E-state index is 12.7.